The second-order valence-corrected chi connectivity index (χ2v) is 6.76. The zero-order valence-corrected chi connectivity index (χ0v) is 13.0. The zero-order chi connectivity index (χ0) is 15.4. The molecule has 4 heteroatoms. The van der Waals surface area contributed by atoms with Crippen LogP contribution in [0.5, 0.6) is 0 Å². The van der Waals surface area contributed by atoms with E-state index in [-0.39, 0.29) is 17.5 Å². The Kier molecular flexibility index (Phi) is 3.17. The second kappa shape index (κ2) is 4.67. The number of Topliss-reactive ketones (excluding diaryl/α,β-unsaturated/α-hetero) is 1. The van der Waals surface area contributed by atoms with Gasteiger partial charge in [0.05, 0.1) is 29.5 Å². The minimum Gasteiger partial charge on any atom is -0.370 e. The molecular weight excluding hydrogens is 266 g/mol. The number of carbonyl (C=O) groups excluding carboxylic acids is 2. The topological polar surface area (TPSA) is 46.6 Å². The van der Waals surface area contributed by atoms with Crippen molar-refractivity contribution in [3.8, 4) is 0 Å². The predicted molar refractivity (Wildman–Crippen MR) is 80.8 cm³/mol. The van der Waals surface area contributed by atoms with Crippen LogP contribution >= 0.6 is 0 Å². The molecule has 1 unspecified atom stereocenters. The number of fused-ring (bicyclic) bond motifs is 1. The largest absolute Gasteiger partial charge is 0.370 e. The maximum atomic E-state index is 12.3. The average Bonchev–Trinajstić information content (AvgIpc) is 2.82. The van der Waals surface area contributed by atoms with Crippen LogP contribution in [0.3, 0.4) is 0 Å². The third kappa shape index (κ3) is 2.38. The lowest BCUT2D eigenvalue weighted by Crippen LogP contribution is -2.37. The summed E-state index contributed by atoms with van der Waals surface area (Å²) < 4.78 is 5.96. The van der Waals surface area contributed by atoms with Gasteiger partial charge in [0.1, 0.15) is 0 Å². The molecule has 0 aromatic heterocycles. The first-order valence-corrected chi connectivity index (χ1v) is 7.44. The summed E-state index contributed by atoms with van der Waals surface area (Å²) >= 11 is 0. The smallest absolute Gasteiger partial charge is 0.299 e. The van der Waals surface area contributed by atoms with Gasteiger partial charge in [-0.2, -0.15) is 0 Å². The fourth-order valence-corrected chi connectivity index (χ4v) is 3.38. The number of rotatable bonds is 2. The van der Waals surface area contributed by atoms with Crippen molar-refractivity contribution in [1.29, 1.82) is 0 Å². The van der Waals surface area contributed by atoms with Gasteiger partial charge in [0.15, 0.2) is 0 Å². The molecule has 1 aromatic carbocycles. The van der Waals surface area contributed by atoms with Crippen LogP contribution in [-0.2, 0) is 9.53 Å². The van der Waals surface area contributed by atoms with Crippen LogP contribution in [0.25, 0.3) is 0 Å². The number of aryl methyl sites for hydroxylation is 2. The fourth-order valence-electron chi connectivity index (χ4n) is 3.38. The van der Waals surface area contributed by atoms with E-state index < -0.39 is 5.91 Å². The molecule has 2 aliphatic heterocycles. The van der Waals surface area contributed by atoms with Gasteiger partial charge in [-0.3, -0.25) is 9.59 Å². The first-order valence-electron chi connectivity index (χ1n) is 7.44. The molecule has 1 atom stereocenters. The molecule has 0 spiro atoms. The van der Waals surface area contributed by atoms with E-state index >= 15 is 0 Å². The molecule has 3 rings (SSSR count). The van der Waals surface area contributed by atoms with E-state index in [9.17, 15) is 9.59 Å². The van der Waals surface area contributed by atoms with Crippen molar-refractivity contribution in [2.75, 3.05) is 11.4 Å². The molecule has 0 saturated carbocycles. The summed E-state index contributed by atoms with van der Waals surface area (Å²) in [6.07, 6.45) is 1.90. The molecule has 1 fully saturated rings. The molecule has 21 heavy (non-hydrogen) atoms. The van der Waals surface area contributed by atoms with Crippen molar-refractivity contribution < 1.29 is 14.3 Å². The number of anilines is 1. The van der Waals surface area contributed by atoms with Gasteiger partial charge in [0.25, 0.3) is 11.7 Å². The van der Waals surface area contributed by atoms with Crippen LogP contribution in [0.15, 0.2) is 12.1 Å². The van der Waals surface area contributed by atoms with Crippen LogP contribution in [0.2, 0.25) is 0 Å². The number of hydrogen-bond donors (Lipinski definition) is 0. The quantitative estimate of drug-likeness (QED) is 0.786. The lowest BCUT2D eigenvalue weighted by atomic mass is 10.0. The monoisotopic (exact) mass is 287 g/mol. The Balaban J connectivity index is 1.91. The van der Waals surface area contributed by atoms with Crippen molar-refractivity contribution in [1.82, 2.24) is 0 Å². The fraction of sp³-hybridized carbons (Fsp3) is 0.529. The SMILES string of the molecule is Cc1cc(C)c2c(c1)N(CC1CCC(C)(C)O1)C(=O)C2=O. The Morgan fingerprint density at radius 2 is 2.00 bits per heavy atom. The highest BCUT2D eigenvalue weighted by molar-refractivity contribution is 6.52. The van der Waals surface area contributed by atoms with Gasteiger partial charge >= 0.3 is 0 Å². The molecular formula is C17H21NO3. The average molecular weight is 287 g/mol. The van der Waals surface area contributed by atoms with E-state index in [1.54, 1.807) is 4.90 Å². The zero-order valence-electron chi connectivity index (χ0n) is 13.0. The van der Waals surface area contributed by atoms with E-state index in [1.807, 2.05) is 26.0 Å². The predicted octanol–water partition coefficient (Wildman–Crippen LogP) is 2.79. The van der Waals surface area contributed by atoms with Crippen molar-refractivity contribution in [2.45, 2.75) is 52.2 Å². The number of nitrogens with zero attached hydrogens (tertiary/aromatic N) is 1. The highest BCUT2D eigenvalue weighted by Gasteiger charge is 2.40. The molecule has 2 heterocycles. The minimum absolute atomic E-state index is 0.00326. The third-order valence-corrected chi connectivity index (χ3v) is 4.36. The van der Waals surface area contributed by atoms with E-state index in [4.69, 9.17) is 4.74 Å². The summed E-state index contributed by atoms with van der Waals surface area (Å²) in [4.78, 5) is 26.1. The van der Waals surface area contributed by atoms with Gasteiger partial charge < -0.3 is 9.64 Å². The van der Waals surface area contributed by atoms with Crippen molar-refractivity contribution >= 4 is 17.4 Å². The number of amides is 1. The van der Waals surface area contributed by atoms with Crippen LogP contribution in [0.4, 0.5) is 5.69 Å². The van der Waals surface area contributed by atoms with Crippen LogP contribution < -0.4 is 4.90 Å². The maximum Gasteiger partial charge on any atom is 0.299 e. The van der Waals surface area contributed by atoms with Crippen molar-refractivity contribution in [3.63, 3.8) is 0 Å². The highest BCUT2D eigenvalue weighted by Crippen LogP contribution is 2.35. The summed E-state index contributed by atoms with van der Waals surface area (Å²) in [5.74, 6) is -0.813. The summed E-state index contributed by atoms with van der Waals surface area (Å²) in [5, 5.41) is 0. The normalized spacial score (nSPS) is 23.8. The Bertz CT molecular complexity index is 633. The first kappa shape index (κ1) is 14.3. The third-order valence-electron chi connectivity index (χ3n) is 4.36. The number of carbonyl (C=O) groups is 2. The van der Waals surface area contributed by atoms with E-state index in [0.29, 0.717) is 12.1 Å². The minimum atomic E-state index is -0.424. The molecule has 2 aliphatic rings. The van der Waals surface area contributed by atoms with E-state index in [0.717, 1.165) is 29.7 Å². The lowest BCUT2D eigenvalue weighted by molar-refractivity contribution is -0.114. The maximum absolute atomic E-state index is 12.3. The van der Waals surface area contributed by atoms with Gasteiger partial charge in [-0.15, -0.1) is 0 Å². The van der Waals surface area contributed by atoms with E-state index in [2.05, 4.69) is 13.8 Å². The molecule has 0 bridgehead atoms. The van der Waals surface area contributed by atoms with Crippen LogP contribution in [0.1, 0.15) is 48.2 Å². The Labute approximate surface area is 125 Å². The molecule has 0 N–H and O–H groups in total. The molecule has 0 radical (unpaired) electrons. The summed E-state index contributed by atoms with van der Waals surface area (Å²) in [5.41, 5.74) is 3.10. The molecule has 1 amide bonds. The molecule has 112 valence electrons. The van der Waals surface area contributed by atoms with Crippen molar-refractivity contribution in [3.05, 3.63) is 28.8 Å². The van der Waals surface area contributed by atoms with Crippen LogP contribution in [0, 0.1) is 13.8 Å². The van der Waals surface area contributed by atoms with Crippen molar-refractivity contribution in [2.24, 2.45) is 0 Å². The van der Waals surface area contributed by atoms with Gasteiger partial charge in [0.2, 0.25) is 0 Å². The Morgan fingerprint density at radius 3 is 2.62 bits per heavy atom. The summed E-state index contributed by atoms with van der Waals surface area (Å²) in [6.45, 7) is 8.45. The van der Waals surface area contributed by atoms with Crippen LogP contribution in [-0.4, -0.2) is 29.9 Å². The number of hydrogen-bond acceptors (Lipinski definition) is 3. The molecule has 0 aliphatic carbocycles. The first-order chi connectivity index (χ1) is 9.78. The molecule has 1 aromatic rings. The number of benzene rings is 1. The van der Waals surface area contributed by atoms with Gasteiger partial charge in [-0.1, -0.05) is 6.07 Å². The number of ketones is 1. The highest BCUT2D eigenvalue weighted by atomic mass is 16.5. The molecule has 1 saturated heterocycles. The Hall–Kier alpha value is -1.68. The van der Waals surface area contributed by atoms with E-state index in [1.165, 1.54) is 0 Å². The Morgan fingerprint density at radius 1 is 1.29 bits per heavy atom. The van der Waals surface area contributed by atoms with Gasteiger partial charge in [-0.05, 0) is 57.7 Å². The van der Waals surface area contributed by atoms with Gasteiger partial charge in [0, 0.05) is 0 Å². The number of ether oxygens (including phenoxy) is 1. The summed E-state index contributed by atoms with van der Waals surface area (Å²) in [7, 11) is 0. The summed E-state index contributed by atoms with van der Waals surface area (Å²) in [6, 6.07) is 3.87. The molecule has 4 nitrogen and oxygen atoms in total. The lowest BCUT2D eigenvalue weighted by Gasteiger charge is -2.24. The second-order valence-electron chi connectivity index (χ2n) is 6.76. The standard InChI is InChI=1S/C17H21NO3/c1-10-7-11(2)14-13(8-10)18(16(20)15(14)19)9-12-5-6-17(3,4)21-12/h7-8,12H,5-6,9H2,1-4H3. The van der Waals surface area contributed by atoms with Gasteiger partial charge in [-0.25, -0.2) is 0 Å².